The second kappa shape index (κ2) is 26.4. The van der Waals surface area contributed by atoms with Gasteiger partial charge in [-0.1, -0.05) is 0 Å². The minimum absolute atomic E-state index is 0. The number of carbonyl (C=O) groups excluding carboxylic acids is 7. The summed E-state index contributed by atoms with van der Waals surface area (Å²) >= 11 is 0. The third-order valence-corrected chi connectivity index (χ3v) is 3.90. The summed E-state index contributed by atoms with van der Waals surface area (Å²) in [5, 5.41) is 121. The first-order valence-electron chi connectivity index (χ1n) is 9.55. The van der Waals surface area contributed by atoms with Crippen LogP contribution >= 0.6 is 0 Å². The molecule has 0 amide bonds. The molecular formula is C18H22Ca3O20. The van der Waals surface area contributed by atoms with Gasteiger partial charge in [0.1, 0.15) is 36.1 Å². The van der Waals surface area contributed by atoms with Crippen LogP contribution in [0, 0.1) is 0 Å². The van der Waals surface area contributed by atoms with E-state index in [9.17, 15) is 64.2 Å². The van der Waals surface area contributed by atoms with Crippen molar-refractivity contribution in [1.82, 2.24) is 0 Å². The van der Waals surface area contributed by atoms with E-state index in [1.807, 2.05) is 0 Å². The Labute approximate surface area is 319 Å². The number of rotatable bonds is 15. The van der Waals surface area contributed by atoms with Crippen LogP contribution in [0.1, 0.15) is 25.7 Å². The summed E-state index contributed by atoms with van der Waals surface area (Å²) in [7, 11) is 0. The molecule has 220 valence electrons. The smallest absolute Gasteiger partial charge is 0.550 e. The molecule has 0 spiro atoms. The van der Waals surface area contributed by atoms with Gasteiger partial charge in [-0.25, -0.2) is 0 Å². The molecule has 20 nitrogen and oxygen atoms in total. The van der Waals surface area contributed by atoms with Gasteiger partial charge >= 0.3 is 113 Å². The molecule has 0 fully saturated rings. The van der Waals surface area contributed by atoms with E-state index in [0.29, 0.717) is 0 Å². The van der Waals surface area contributed by atoms with Crippen molar-refractivity contribution in [1.29, 1.82) is 0 Å². The summed E-state index contributed by atoms with van der Waals surface area (Å²) in [5.74, 6) is -13.0. The average Bonchev–Trinajstić information content (AvgIpc) is 2.75. The van der Waals surface area contributed by atoms with Crippen molar-refractivity contribution in [2.75, 3.05) is 13.2 Å². The Balaban J connectivity index is -0.000000108. The molecule has 0 aromatic rings. The maximum Gasteiger partial charge on any atom is 2.00 e. The Hall–Kier alpha value is -0.0108. The molecule has 0 aliphatic heterocycles. The van der Waals surface area contributed by atoms with E-state index in [2.05, 4.69) is 0 Å². The van der Waals surface area contributed by atoms with Crippen LogP contribution in [-0.2, 0) is 33.6 Å². The monoisotopic (exact) mass is 678 g/mol. The minimum Gasteiger partial charge on any atom is -0.550 e. The van der Waals surface area contributed by atoms with Crippen LogP contribution < -0.4 is 30.6 Å². The van der Waals surface area contributed by atoms with E-state index in [4.69, 9.17) is 35.7 Å². The number of aliphatic hydroxyl groups excluding tert-OH is 5. The van der Waals surface area contributed by atoms with Gasteiger partial charge in [-0.2, -0.15) is 0 Å². The molecule has 0 saturated carbocycles. The largest absolute Gasteiger partial charge is 2.00 e. The number of carboxylic acids is 6. The molecule has 0 aliphatic carbocycles. The molecule has 0 bridgehead atoms. The van der Waals surface area contributed by atoms with E-state index in [1.54, 1.807) is 0 Å². The van der Waals surface area contributed by atoms with Crippen LogP contribution in [0.3, 0.4) is 0 Å². The van der Waals surface area contributed by atoms with E-state index >= 15 is 0 Å². The predicted molar refractivity (Wildman–Crippen MR) is 113 cm³/mol. The van der Waals surface area contributed by atoms with Gasteiger partial charge in [0.2, 0.25) is 0 Å². The Kier molecular flexibility index (Phi) is 34.5. The summed E-state index contributed by atoms with van der Waals surface area (Å²) < 4.78 is 0. The first kappa shape index (κ1) is 53.5. The number of carboxylic acid groups (broad SMARTS) is 6. The first-order chi connectivity index (χ1) is 17.1. The summed E-state index contributed by atoms with van der Waals surface area (Å²) in [4.78, 5) is 70.5. The van der Waals surface area contributed by atoms with Crippen molar-refractivity contribution in [3.05, 3.63) is 0 Å². The van der Waals surface area contributed by atoms with Gasteiger partial charge in [-0.05, 0) is 0 Å². The van der Waals surface area contributed by atoms with Crippen molar-refractivity contribution in [2.45, 2.75) is 55.2 Å². The number of carbonyl (C=O) groups is 7. The predicted octanol–water partition coefficient (Wildman–Crippen LogP) is -15.0. The van der Waals surface area contributed by atoms with Gasteiger partial charge in [-0.15, -0.1) is 0 Å². The van der Waals surface area contributed by atoms with E-state index < -0.39 is 110 Å². The van der Waals surface area contributed by atoms with Gasteiger partial charge in [0, 0.05) is 49.6 Å². The molecule has 0 aromatic carbocycles. The third-order valence-electron chi connectivity index (χ3n) is 3.90. The summed E-state index contributed by atoms with van der Waals surface area (Å²) in [6, 6.07) is 0. The summed E-state index contributed by atoms with van der Waals surface area (Å²) in [5.41, 5.74) is -5.95. The molecule has 0 radical (unpaired) electrons. The molecule has 7 N–H and O–H groups in total. The molecule has 3 atom stereocenters. The first-order valence-corrected chi connectivity index (χ1v) is 9.55. The van der Waals surface area contributed by atoms with Crippen LogP contribution in [0.15, 0.2) is 0 Å². The molecule has 0 unspecified atom stereocenters. The fraction of sp³-hybridized carbons (Fsp3) is 0.611. The average molecular weight is 679 g/mol. The van der Waals surface area contributed by atoms with E-state index in [1.165, 1.54) is 0 Å². The second-order valence-corrected chi connectivity index (χ2v) is 7.14. The maximum atomic E-state index is 10.5. The number of aliphatic carboxylic acids is 6. The number of hydrogen-bond donors (Lipinski definition) is 7. The fourth-order valence-electron chi connectivity index (χ4n) is 1.97. The zero-order chi connectivity index (χ0) is 31.0. The molecule has 23 heteroatoms. The normalized spacial score (nSPS) is 12.3. The van der Waals surface area contributed by atoms with Gasteiger partial charge in [0.15, 0.2) is 5.78 Å². The Bertz CT molecular complexity index is 780. The minimum atomic E-state index is -2.97. The summed E-state index contributed by atoms with van der Waals surface area (Å²) in [6.07, 6.45) is -10.7. The number of hydrogen-bond acceptors (Lipinski definition) is 20. The van der Waals surface area contributed by atoms with Crippen LogP contribution in [0.25, 0.3) is 0 Å². The fourth-order valence-corrected chi connectivity index (χ4v) is 1.97. The Morgan fingerprint density at radius 3 is 0.951 bits per heavy atom. The van der Waals surface area contributed by atoms with Crippen molar-refractivity contribution in [2.24, 2.45) is 0 Å². The second-order valence-electron chi connectivity index (χ2n) is 7.14. The van der Waals surface area contributed by atoms with Crippen molar-refractivity contribution in [3.8, 4) is 0 Å². The molecule has 0 aromatic heterocycles. The Morgan fingerprint density at radius 2 is 0.805 bits per heavy atom. The zero-order valence-electron chi connectivity index (χ0n) is 21.0. The SMILES string of the molecule is O=C(CO)[C@@H](O)[C@H](O)[C@H](O)CO.O=C([O-])CC(O)(CC(=O)[O-])C(=O)[O-].O=C([O-])CC(O)(CC(=O)[O-])C(=O)[O-].[Ca+2].[Ca+2].[Ca+2]. The van der Waals surface area contributed by atoms with E-state index in [0.717, 1.165) is 0 Å². The molecule has 0 heterocycles. The zero-order valence-corrected chi connectivity index (χ0v) is 27.7. The van der Waals surface area contributed by atoms with Crippen LogP contribution in [0.5, 0.6) is 0 Å². The maximum absolute atomic E-state index is 10.5. The van der Waals surface area contributed by atoms with Crippen LogP contribution in [-0.4, -0.2) is 233 Å². The quantitative estimate of drug-likeness (QED) is 0.0790. The topological polar surface area (TPSA) is 399 Å². The van der Waals surface area contributed by atoms with Crippen molar-refractivity contribution < 1.29 is 99.9 Å². The number of aliphatic hydroxyl groups is 7. The Morgan fingerprint density at radius 1 is 0.561 bits per heavy atom. The van der Waals surface area contributed by atoms with Gasteiger partial charge in [0.05, 0.1) is 18.5 Å². The van der Waals surface area contributed by atoms with E-state index in [-0.39, 0.29) is 113 Å². The van der Waals surface area contributed by atoms with Crippen molar-refractivity contribution in [3.63, 3.8) is 0 Å². The van der Waals surface area contributed by atoms with Gasteiger partial charge in [0.25, 0.3) is 0 Å². The van der Waals surface area contributed by atoms with Gasteiger partial charge in [-0.3, -0.25) is 4.79 Å². The summed E-state index contributed by atoms with van der Waals surface area (Å²) in [6.45, 7) is -1.69. The molecule has 0 saturated heterocycles. The van der Waals surface area contributed by atoms with Crippen LogP contribution in [0.4, 0.5) is 0 Å². The number of ketones is 1. The molecule has 0 aliphatic rings. The van der Waals surface area contributed by atoms with Gasteiger partial charge < -0.3 is 95.2 Å². The van der Waals surface area contributed by atoms with Crippen molar-refractivity contribution >= 4 is 155 Å². The molecular weight excluding hydrogens is 656 g/mol. The standard InChI is InChI=1S/2C6H8O7.C6H12O6.3Ca/c2*7-3(8)1-6(13,5(11)12)2-4(9)10;7-1-3(9)5(11)6(12)4(10)2-8;;;/h2*13H,1-2H2,(H,7,8)(H,9,10)(H,11,12);3,5-9,11-12H,1-2H2;;;/q;;;3*+2/p-6/t;;3-,5-,6-;;;/m..1.../s1. The third kappa shape index (κ3) is 25.1. The molecule has 41 heavy (non-hydrogen) atoms. The molecule has 0 rings (SSSR count). The number of Topliss-reactive ketones (excluding diaryl/α,β-unsaturated/α-hetero) is 1. The van der Waals surface area contributed by atoms with Crippen LogP contribution in [0.2, 0.25) is 0 Å².